The van der Waals surface area contributed by atoms with Gasteiger partial charge in [-0.3, -0.25) is 9.59 Å². The highest BCUT2D eigenvalue weighted by atomic mass is 19.4. The van der Waals surface area contributed by atoms with E-state index in [0.29, 0.717) is 11.3 Å². The number of benzene rings is 2. The largest absolute Gasteiger partial charge is 0.397 e. The molecule has 1 saturated heterocycles. The van der Waals surface area contributed by atoms with Crippen LogP contribution in [0.5, 0.6) is 0 Å². The number of fused-ring (bicyclic) bond motifs is 3. The zero-order valence-corrected chi connectivity index (χ0v) is 16.0. The Bertz CT molecular complexity index is 948. The minimum atomic E-state index is -4.61. The van der Waals surface area contributed by atoms with Gasteiger partial charge in [0.2, 0.25) is 11.8 Å². The summed E-state index contributed by atoms with van der Waals surface area (Å²) in [4.78, 5) is 28.0. The predicted octanol–water partition coefficient (Wildman–Crippen LogP) is 2.88. The summed E-state index contributed by atoms with van der Waals surface area (Å²) in [6.07, 6.45) is -6.04. The van der Waals surface area contributed by atoms with Crippen molar-refractivity contribution in [1.29, 1.82) is 0 Å². The molecule has 2 aliphatic heterocycles. The summed E-state index contributed by atoms with van der Waals surface area (Å²) in [5.41, 5.74) is 1.91. The van der Waals surface area contributed by atoms with E-state index in [2.05, 4.69) is 0 Å². The number of hydrogen-bond donors (Lipinski definition) is 1. The van der Waals surface area contributed by atoms with Gasteiger partial charge in [-0.15, -0.1) is 0 Å². The number of hydrogen-bond acceptors (Lipinski definition) is 3. The third-order valence-electron chi connectivity index (χ3n) is 5.83. The molecule has 2 aromatic carbocycles. The van der Waals surface area contributed by atoms with Crippen molar-refractivity contribution in [2.24, 2.45) is 0 Å². The van der Waals surface area contributed by atoms with Crippen molar-refractivity contribution in [3.8, 4) is 0 Å². The van der Waals surface area contributed by atoms with Gasteiger partial charge in [0.25, 0.3) is 0 Å². The fourth-order valence-corrected chi connectivity index (χ4v) is 4.60. The van der Waals surface area contributed by atoms with Crippen molar-refractivity contribution in [2.45, 2.75) is 37.0 Å². The van der Waals surface area contributed by atoms with Crippen molar-refractivity contribution in [3.05, 3.63) is 65.7 Å². The summed E-state index contributed by atoms with van der Waals surface area (Å²) in [6, 6.07) is 15.0. The van der Waals surface area contributed by atoms with Crippen molar-refractivity contribution in [2.75, 3.05) is 18.1 Å². The molecule has 0 unspecified atom stereocenters. The molecule has 3 atom stereocenters. The van der Waals surface area contributed by atoms with Crippen LogP contribution in [-0.4, -0.2) is 53.2 Å². The molecule has 30 heavy (non-hydrogen) atoms. The lowest BCUT2D eigenvalue weighted by Gasteiger charge is -2.59. The molecule has 0 saturated carbocycles. The maximum Gasteiger partial charge on any atom is 0.397 e. The van der Waals surface area contributed by atoms with Crippen molar-refractivity contribution in [3.63, 3.8) is 0 Å². The van der Waals surface area contributed by atoms with E-state index in [1.165, 1.54) is 4.90 Å². The van der Waals surface area contributed by atoms with Gasteiger partial charge in [0.05, 0.1) is 25.1 Å². The molecule has 0 spiro atoms. The Kier molecular flexibility index (Phi) is 5.27. The molecular formula is C22H21F3N2O3. The van der Waals surface area contributed by atoms with E-state index in [1.54, 1.807) is 24.3 Å². The van der Waals surface area contributed by atoms with E-state index in [-0.39, 0.29) is 31.4 Å². The fourth-order valence-electron chi connectivity index (χ4n) is 4.60. The topological polar surface area (TPSA) is 60.9 Å². The maximum atomic E-state index is 13.0. The first-order chi connectivity index (χ1) is 14.3. The summed E-state index contributed by atoms with van der Waals surface area (Å²) in [7, 11) is 0. The van der Waals surface area contributed by atoms with Crippen molar-refractivity contribution >= 4 is 17.5 Å². The van der Waals surface area contributed by atoms with Gasteiger partial charge in [-0.05, 0) is 17.2 Å². The second kappa shape index (κ2) is 7.75. The Morgan fingerprint density at radius 2 is 1.67 bits per heavy atom. The van der Waals surface area contributed by atoms with Crippen LogP contribution >= 0.6 is 0 Å². The summed E-state index contributed by atoms with van der Waals surface area (Å²) in [6.45, 7) is -0.278. The number of halogens is 3. The summed E-state index contributed by atoms with van der Waals surface area (Å²) < 4.78 is 38.5. The lowest BCUT2D eigenvalue weighted by atomic mass is 9.71. The van der Waals surface area contributed by atoms with Crippen LogP contribution in [0, 0.1) is 0 Å². The summed E-state index contributed by atoms with van der Waals surface area (Å²) >= 11 is 0. The molecule has 1 fully saturated rings. The van der Waals surface area contributed by atoms with Crippen LogP contribution in [-0.2, 0) is 16.0 Å². The third kappa shape index (κ3) is 3.67. The van der Waals surface area contributed by atoms with Crippen LogP contribution in [0.15, 0.2) is 54.6 Å². The number of carbonyl (C=O) groups excluding carboxylic acids is 2. The summed E-state index contributed by atoms with van der Waals surface area (Å²) in [5.74, 6) is -1.48. The molecule has 5 nitrogen and oxygen atoms in total. The Morgan fingerprint density at radius 1 is 1.00 bits per heavy atom. The molecule has 4 rings (SSSR count). The van der Waals surface area contributed by atoms with E-state index in [9.17, 15) is 27.9 Å². The standard InChI is InChI=1S/C22H21F3N2O3/c23-22(24,25)11-20(30)26-12-17-21(15-8-4-5-9-16(15)26)18(13-28)27(17)19(29)10-14-6-2-1-3-7-14/h1-9,17-18,21,28H,10-13H2/t17-,18+,21+/m1/s1. The number of rotatable bonds is 4. The van der Waals surface area contributed by atoms with E-state index in [1.807, 2.05) is 30.3 Å². The molecule has 0 bridgehead atoms. The van der Waals surface area contributed by atoms with Gasteiger partial charge < -0.3 is 14.9 Å². The number of likely N-dealkylation sites (tertiary alicyclic amines) is 1. The quantitative estimate of drug-likeness (QED) is 0.831. The number of alkyl halides is 3. The van der Waals surface area contributed by atoms with Crippen LogP contribution in [0.1, 0.15) is 23.5 Å². The number of amides is 2. The first kappa shape index (κ1) is 20.4. The number of aliphatic hydroxyl groups is 1. The first-order valence-corrected chi connectivity index (χ1v) is 9.72. The Labute approximate surface area is 171 Å². The lowest BCUT2D eigenvalue weighted by molar-refractivity contribution is -0.155. The second-order valence-electron chi connectivity index (χ2n) is 7.66. The van der Waals surface area contributed by atoms with Crippen LogP contribution in [0.2, 0.25) is 0 Å². The van der Waals surface area contributed by atoms with Gasteiger partial charge in [-0.2, -0.15) is 13.2 Å². The Morgan fingerprint density at radius 3 is 2.33 bits per heavy atom. The number of aliphatic hydroxyl groups excluding tert-OH is 1. The number of anilines is 1. The molecular weight excluding hydrogens is 397 g/mol. The third-order valence-corrected chi connectivity index (χ3v) is 5.83. The second-order valence-corrected chi connectivity index (χ2v) is 7.66. The molecule has 2 aliphatic rings. The molecule has 0 aromatic heterocycles. The highest BCUT2D eigenvalue weighted by Crippen LogP contribution is 2.48. The van der Waals surface area contributed by atoms with Crippen LogP contribution in [0.4, 0.5) is 18.9 Å². The maximum absolute atomic E-state index is 13.0. The highest BCUT2D eigenvalue weighted by molar-refractivity contribution is 5.96. The lowest BCUT2D eigenvalue weighted by Crippen LogP contribution is -2.71. The van der Waals surface area contributed by atoms with Crippen molar-refractivity contribution in [1.82, 2.24) is 4.90 Å². The van der Waals surface area contributed by atoms with Gasteiger partial charge in [0, 0.05) is 18.2 Å². The van der Waals surface area contributed by atoms with Gasteiger partial charge in [0.1, 0.15) is 6.42 Å². The molecule has 8 heteroatoms. The molecule has 0 aliphatic carbocycles. The molecule has 2 heterocycles. The van der Waals surface area contributed by atoms with E-state index in [0.717, 1.165) is 10.5 Å². The van der Waals surface area contributed by atoms with Gasteiger partial charge in [0.15, 0.2) is 0 Å². The normalized spacial score (nSPS) is 22.7. The Hall–Kier alpha value is -2.87. The molecule has 2 amide bonds. The minimum absolute atomic E-state index is 0.0202. The molecule has 158 valence electrons. The van der Waals surface area contributed by atoms with E-state index in [4.69, 9.17) is 0 Å². The van der Waals surface area contributed by atoms with Gasteiger partial charge >= 0.3 is 6.18 Å². The molecule has 2 aromatic rings. The number of nitrogens with zero attached hydrogens (tertiary/aromatic N) is 2. The van der Waals surface area contributed by atoms with Gasteiger partial charge in [-0.1, -0.05) is 48.5 Å². The van der Waals surface area contributed by atoms with Crippen LogP contribution < -0.4 is 4.90 Å². The Balaban J connectivity index is 1.63. The fraction of sp³-hybridized carbons (Fsp3) is 0.364. The molecule has 0 radical (unpaired) electrons. The number of carbonyl (C=O) groups is 2. The SMILES string of the molecule is O=C(CC(F)(F)F)N1C[C@@H]2[C@H](c3ccccc31)[C@H](CO)N2C(=O)Cc1ccccc1. The van der Waals surface area contributed by atoms with Crippen LogP contribution in [0.25, 0.3) is 0 Å². The average Bonchev–Trinajstić information content (AvgIpc) is 2.67. The first-order valence-electron chi connectivity index (χ1n) is 9.72. The van der Waals surface area contributed by atoms with E-state index < -0.39 is 30.6 Å². The number of para-hydroxylation sites is 1. The average molecular weight is 418 g/mol. The zero-order valence-electron chi connectivity index (χ0n) is 16.0. The minimum Gasteiger partial charge on any atom is -0.394 e. The molecule has 1 N–H and O–H groups in total. The highest BCUT2D eigenvalue weighted by Gasteiger charge is 2.55. The summed E-state index contributed by atoms with van der Waals surface area (Å²) in [5, 5.41) is 9.94. The van der Waals surface area contributed by atoms with Gasteiger partial charge in [-0.25, -0.2) is 0 Å². The van der Waals surface area contributed by atoms with Crippen LogP contribution in [0.3, 0.4) is 0 Å². The smallest absolute Gasteiger partial charge is 0.394 e. The van der Waals surface area contributed by atoms with E-state index >= 15 is 0 Å². The monoisotopic (exact) mass is 418 g/mol. The predicted molar refractivity (Wildman–Crippen MR) is 104 cm³/mol. The van der Waals surface area contributed by atoms with Crippen molar-refractivity contribution < 1.29 is 27.9 Å². The zero-order chi connectivity index (χ0) is 21.5.